The highest BCUT2D eigenvalue weighted by Crippen LogP contribution is 2.29. The molecule has 0 saturated carbocycles. The van der Waals surface area contributed by atoms with Crippen molar-refractivity contribution in [3.8, 4) is 11.6 Å². The molecule has 0 fully saturated rings. The molecule has 0 atom stereocenters. The van der Waals surface area contributed by atoms with Crippen LogP contribution in [0.4, 0.5) is 0 Å². The van der Waals surface area contributed by atoms with Gasteiger partial charge in [0, 0.05) is 16.2 Å². The maximum atomic E-state index is 5.92. The predicted octanol–water partition coefficient (Wildman–Crippen LogP) is 4.87. The van der Waals surface area contributed by atoms with Crippen LogP contribution in [0.1, 0.15) is 22.3 Å². The Labute approximate surface area is 116 Å². The maximum Gasteiger partial charge on any atom is 0.222 e. The van der Waals surface area contributed by atoms with Crippen LogP contribution in [0.15, 0.2) is 28.9 Å². The van der Waals surface area contributed by atoms with Crippen LogP contribution >= 0.6 is 15.9 Å². The van der Waals surface area contributed by atoms with Crippen LogP contribution in [-0.4, -0.2) is 4.98 Å². The summed E-state index contributed by atoms with van der Waals surface area (Å²) in [4.78, 5) is 4.30. The minimum Gasteiger partial charge on any atom is -0.438 e. The summed E-state index contributed by atoms with van der Waals surface area (Å²) in [5.74, 6) is 1.54. The molecular formula is C15H16BrNO. The van der Waals surface area contributed by atoms with Gasteiger partial charge in [-0.3, -0.25) is 0 Å². The number of hydrogen-bond donors (Lipinski definition) is 0. The van der Waals surface area contributed by atoms with Gasteiger partial charge < -0.3 is 4.74 Å². The van der Waals surface area contributed by atoms with Gasteiger partial charge in [-0.15, -0.1) is 0 Å². The Morgan fingerprint density at radius 1 is 1.00 bits per heavy atom. The normalized spacial score (nSPS) is 10.5. The van der Waals surface area contributed by atoms with Gasteiger partial charge in [0.05, 0.1) is 0 Å². The Bertz CT molecular complexity index is 593. The fraction of sp³-hybridized carbons (Fsp3) is 0.267. The van der Waals surface area contributed by atoms with E-state index in [1.165, 1.54) is 11.1 Å². The number of benzene rings is 1. The number of rotatable bonds is 2. The Hall–Kier alpha value is -1.35. The standard InChI is InChI=1S/C15H16BrNO/c1-9-5-10(2)12(4)14(6-9)18-15-11(3)7-13(16)8-17-15/h5-8H,1-4H3. The third-order valence-corrected chi connectivity index (χ3v) is 3.40. The van der Waals surface area contributed by atoms with E-state index in [-0.39, 0.29) is 0 Å². The zero-order chi connectivity index (χ0) is 13.3. The molecule has 0 saturated heterocycles. The van der Waals surface area contributed by atoms with Gasteiger partial charge >= 0.3 is 0 Å². The minimum atomic E-state index is 0.659. The van der Waals surface area contributed by atoms with Gasteiger partial charge in [-0.25, -0.2) is 4.98 Å². The second-order valence-corrected chi connectivity index (χ2v) is 5.50. The summed E-state index contributed by atoms with van der Waals surface area (Å²) in [6.07, 6.45) is 1.75. The Kier molecular flexibility index (Phi) is 3.71. The molecule has 0 spiro atoms. The number of aromatic nitrogens is 1. The number of halogens is 1. The van der Waals surface area contributed by atoms with E-state index in [0.29, 0.717) is 5.88 Å². The van der Waals surface area contributed by atoms with Gasteiger partial charge in [0.25, 0.3) is 0 Å². The highest BCUT2D eigenvalue weighted by atomic mass is 79.9. The summed E-state index contributed by atoms with van der Waals surface area (Å²) >= 11 is 3.40. The third-order valence-electron chi connectivity index (χ3n) is 2.97. The predicted molar refractivity (Wildman–Crippen MR) is 77.4 cm³/mol. The molecular weight excluding hydrogens is 290 g/mol. The lowest BCUT2D eigenvalue weighted by Gasteiger charge is -2.12. The monoisotopic (exact) mass is 305 g/mol. The van der Waals surface area contributed by atoms with Gasteiger partial charge in [0.15, 0.2) is 0 Å². The summed E-state index contributed by atoms with van der Waals surface area (Å²) in [6.45, 7) is 8.22. The first-order valence-electron chi connectivity index (χ1n) is 5.85. The molecule has 1 aromatic heterocycles. The summed E-state index contributed by atoms with van der Waals surface area (Å²) in [5, 5.41) is 0. The van der Waals surface area contributed by atoms with Crippen LogP contribution in [0.25, 0.3) is 0 Å². The van der Waals surface area contributed by atoms with E-state index in [0.717, 1.165) is 21.3 Å². The largest absolute Gasteiger partial charge is 0.438 e. The minimum absolute atomic E-state index is 0.659. The summed E-state index contributed by atoms with van der Waals surface area (Å²) in [7, 11) is 0. The number of ether oxygens (including phenoxy) is 1. The topological polar surface area (TPSA) is 22.1 Å². The lowest BCUT2D eigenvalue weighted by molar-refractivity contribution is 0.454. The van der Waals surface area contributed by atoms with Gasteiger partial charge in [-0.2, -0.15) is 0 Å². The molecule has 2 nitrogen and oxygen atoms in total. The van der Waals surface area contributed by atoms with E-state index < -0.39 is 0 Å². The molecule has 3 heteroatoms. The first-order valence-corrected chi connectivity index (χ1v) is 6.64. The number of pyridine rings is 1. The van der Waals surface area contributed by atoms with E-state index in [9.17, 15) is 0 Å². The molecule has 0 unspecified atom stereocenters. The molecule has 1 aromatic carbocycles. The zero-order valence-electron chi connectivity index (χ0n) is 11.0. The summed E-state index contributed by atoms with van der Waals surface area (Å²) < 4.78 is 6.89. The number of aryl methyl sites for hydroxylation is 3. The van der Waals surface area contributed by atoms with Crippen molar-refractivity contribution in [2.45, 2.75) is 27.7 Å². The number of hydrogen-bond acceptors (Lipinski definition) is 2. The molecule has 94 valence electrons. The molecule has 0 N–H and O–H groups in total. The quantitative estimate of drug-likeness (QED) is 0.789. The van der Waals surface area contributed by atoms with Crippen LogP contribution in [0, 0.1) is 27.7 Å². The lowest BCUT2D eigenvalue weighted by Crippen LogP contribution is -1.95. The van der Waals surface area contributed by atoms with Crippen molar-refractivity contribution in [2.24, 2.45) is 0 Å². The Morgan fingerprint density at radius 3 is 2.39 bits per heavy atom. The van der Waals surface area contributed by atoms with E-state index >= 15 is 0 Å². The van der Waals surface area contributed by atoms with E-state index in [4.69, 9.17) is 4.74 Å². The SMILES string of the molecule is Cc1cc(C)c(C)c(Oc2ncc(Br)cc2C)c1. The molecule has 0 aliphatic rings. The van der Waals surface area contributed by atoms with E-state index in [1.54, 1.807) is 6.20 Å². The fourth-order valence-electron chi connectivity index (χ4n) is 1.85. The number of nitrogens with zero attached hydrogens (tertiary/aromatic N) is 1. The van der Waals surface area contributed by atoms with Crippen LogP contribution in [0.3, 0.4) is 0 Å². The Balaban J connectivity index is 2.40. The van der Waals surface area contributed by atoms with Gasteiger partial charge in [-0.1, -0.05) is 6.07 Å². The van der Waals surface area contributed by atoms with Crippen LogP contribution in [0.5, 0.6) is 11.6 Å². The van der Waals surface area contributed by atoms with Crippen molar-refractivity contribution in [1.82, 2.24) is 4.98 Å². The molecule has 0 aliphatic carbocycles. The average molecular weight is 306 g/mol. The molecule has 0 radical (unpaired) electrons. The van der Waals surface area contributed by atoms with Crippen LogP contribution in [0.2, 0.25) is 0 Å². The third kappa shape index (κ3) is 2.72. The van der Waals surface area contributed by atoms with E-state index in [1.807, 2.05) is 19.1 Å². The Morgan fingerprint density at radius 2 is 1.72 bits per heavy atom. The van der Waals surface area contributed by atoms with Gasteiger partial charge in [-0.05, 0) is 72.4 Å². The summed E-state index contributed by atoms with van der Waals surface area (Å²) in [6, 6.07) is 6.20. The van der Waals surface area contributed by atoms with Crippen molar-refractivity contribution in [2.75, 3.05) is 0 Å². The lowest BCUT2D eigenvalue weighted by atomic mass is 10.1. The zero-order valence-corrected chi connectivity index (χ0v) is 12.6. The van der Waals surface area contributed by atoms with Crippen LogP contribution < -0.4 is 4.74 Å². The highest BCUT2D eigenvalue weighted by molar-refractivity contribution is 9.10. The molecule has 0 aliphatic heterocycles. The first-order chi connectivity index (χ1) is 8.47. The van der Waals surface area contributed by atoms with E-state index in [2.05, 4.69) is 47.8 Å². The molecule has 2 rings (SSSR count). The summed E-state index contributed by atoms with van der Waals surface area (Å²) in [5.41, 5.74) is 4.61. The van der Waals surface area contributed by atoms with Gasteiger partial charge in [0.2, 0.25) is 5.88 Å². The van der Waals surface area contributed by atoms with Crippen molar-refractivity contribution in [1.29, 1.82) is 0 Å². The average Bonchev–Trinajstić information content (AvgIpc) is 2.29. The van der Waals surface area contributed by atoms with Gasteiger partial charge in [0.1, 0.15) is 5.75 Å². The first kappa shape index (κ1) is 13.1. The second-order valence-electron chi connectivity index (χ2n) is 4.58. The molecule has 18 heavy (non-hydrogen) atoms. The molecule has 2 aromatic rings. The smallest absolute Gasteiger partial charge is 0.222 e. The second kappa shape index (κ2) is 5.11. The molecule has 0 amide bonds. The maximum absolute atomic E-state index is 5.92. The van der Waals surface area contributed by atoms with Crippen LogP contribution in [-0.2, 0) is 0 Å². The van der Waals surface area contributed by atoms with Crippen molar-refractivity contribution >= 4 is 15.9 Å². The molecule has 0 bridgehead atoms. The van der Waals surface area contributed by atoms with Crippen molar-refractivity contribution in [3.63, 3.8) is 0 Å². The fourth-order valence-corrected chi connectivity index (χ4v) is 2.29. The highest BCUT2D eigenvalue weighted by Gasteiger charge is 2.08. The van der Waals surface area contributed by atoms with Crippen molar-refractivity contribution in [3.05, 3.63) is 51.1 Å². The van der Waals surface area contributed by atoms with Crippen molar-refractivity contribution < 1.29 is 4.74 Å². The molecule has 1 heterocycles.